The van der Waals surface area contributed by atoms with Gasteiger partial charge in [-0.2, -0.15) is 0 Å². The molecule has 2 heterocycles. The smallest absolute Gasteiger partial charge is 0.176 e. The fraction of sp³-hybridized carbons (Fsp3) is 0.282. The molecule has 0 saturated carbocycles. The lowest BCUT2D eigenvalue weighted by molar-refractivity contribution is 0.306. The van der Waals surface area contributed by atoms with Gasteiger partial charge in [0.15, 0.2) is 57.5 Å². The minimum atomic E-state index is -0.195. The van der Waals surface area contributed by atoms with E-state index in [4.69, 9.17) is 27.5 Å². The molecule has 13 N–H and O–H groups in total. The zero-order chi connectivity index (χ0) is 64.8. The van der Waals surface area contributed by atoms with Crippen molar-refractivity contribution in [1.82, 2.24) is 10.2 Å². The average molecular weight is 1260 g/mol. The van der Waals surface area contributed by atoms with Crippen molar-refractivity contribution in [3.63, 3.8) is 0 Å². The van der Waals surface area contributed by atoms with Crippen LogP contribution in [0, 0.1) is 5.92 Å². The molecule has 0 fully saturated rings. The zero-order valence-electron chi connectivity index (χ0n) is 51.8. The molecule has 14 heteroatoms. The van der Waals surface area contributed by atoms with Crippen molar-refractivity contribution >= 4 is 11.6 Å². The molecule has 9 aromatic rings. The molecular weight excluding hydrogens is 1170 g/mol. The average Bonchev–Trinajstić information content (AvgIpc) is 0.909. The molecule has 9 aromatic carbocycles. The van der Waals surface area contributed by atoms with Gasteiger partial charge in [-0.1, -0.05) is 145 Å². The van der Waals surface area contributed by atoms with E-state index in [9.17, 15) is 40.9 Å². The molecular formula is C78H84ClN3O10. The number of phenols is 10. The van der Waals surface area contributed by atoms with E-state index in [0.717, 1.165) is 123 Å². The van der Waals surface area contributed by atoms with Gasteiger partial charge >= 0.3 is 0 Å². The fourth-order valence-corrected chi connectivity index (χ4v) is 14.3. The third-order valence-corrected chi connectivity index (χ3v) is 19.1. The van der Waals surface area contributed by atoms with Gasteiger partial charge in [0.05, 0.1) is 5.02 Å². The minimum Gasteiger partial charge on any atom is -0.504 e. The Morgan fingerprint density at radius 2 is 0.978 bits per heavy atom. The summed E-state index contributed by atoms with van der Waals surface area (Å²) >= 11 is 6.23. The van der Waals surface area contributed by atoms with E-state index in [1.54, 1.807) is 48.5 Å². The van der Waals surface area contributed by atoms with Crippen LogP contribution in [0.2, 0.25) is 5.02 Å². The number of aryl methyl sites for hydroxylation is 2. The lowest BCUT2D eigenvalue weighted by atomic mass is 9.66. The molecule has 0 aromatic heterocycles. The van der Waals surface area contributed by atoms with Crippen molar-refractivity contribution in [2.75, 3.05) is 39.3 Å². The highest BCUT2D eigenvalue weighted by Crippen LogP contribution is 2.50. The Morgan fingerprint density at radius 1 is 0.467 bits per heavy atom. The molecule has 2 aliphatic heterocycles. The van der Waals surface area contributed by atoms with Crippen LogP contribution in [0.5, 0.6) is 57.5 Å². The summed E-state index contributed by atoms with van der Waals surface area (Å²) < 4.78 is 0. The number of halogens is 1. The summed E-state index contributed by atoms with van der Waals surface area (Å²) in [5.41, 5.74) is 21.6. The number of nitrogens with zero attached hydrogens (tertiary/aromatic N) is 1. The van der Waals surface area contributed by atoms with Gasteiger partial charge in [-0.25, -0.2) is 0 Å². The van der Waals surface area contributed by atoms with E-state index in [0.29, 0.717) is 29.8 Å². The molecule has 5 atom stereocenters. The zero-order valence-corrected chi connectivity index (χ0v) is 52.6. The van der Waals surface area contributed by atoms with E-state index in [-0.39, 0.29) is 75.2 Å². The summed E-state index contributed by atoms with van der Waals surface area (Å²) in [6.07, 6.45) is 13.0. The standard InChI is InChI=1S/C19H21NO2.C18H18O2.C17H17ClO2.C16H17NO2.C8H11NO2/c1-2-9-20-10-8-15-11-18(21)19(22)12-16(15)17(13-20)14-6-4-3-5-7-14;19-16-9-13-8-7-12-6-5-11-3-1-2-4-14(11)18(12)15(13)10-17(16)20;18-16-13-9-5-4-8-12(11-6-2-1-3-7-11)14(13)10-15(19)17(16)20;18-15-8-12-6-7-17-10-14(13(12)9-16(15)19)11-4-2-1-3-5-11;9-4-3-6-1-2-7(10)8(11)5-6/h2-7,11-12,17,21-22H,1,8-10,13H2;1-4,9-10,12,18-20H,5-8H2;1-3,6-7,10,12,19-20H,4-5,8-9H2;1-5,8-9,14,17-19H,6-7,10H2;1-2,5,10-11H,3-4,9H2/t;12-,18-;;;/m.1.../s1. The highest BCUT2D eigenvalue weighted by atomic mass is 35.5. The van der Waals surface area contributed by atoms with Crippen LogP contribution < -0.4 is 11.1 Å². The van der Waals surface area contributed by atoms with Gasteiger partial charge in [-0.05, 0) is 216 Å². The van der Waals surface area contributed by atoms with E-state index in [1.165, 1.54) is 63.9 Å². The molecule has 0 radical (unpaired) electrons. The van der Waals surface area contributed by atoms with Gasteiger partial charge in [-0.15, -0.1) is 6.58 Å². The van der Waals surface area contributed by atoms with Crippen molar-refractivity contribution in [3.05, 3.63) is 271 Å². The van der Waals surface area contributed by atoms with Crippen molar-refractivity contribution in [2.24, 2.45) is 11.7 Å². The van der Waals surface area contributed by atoms with Crippen molar-refractivity contribution < 1.29 is 51.1 Å². The van der Waals surface area contributed by atoms with Crippen LogP contribution in [0.25, 0.3) is 0 Å². The van der Waals surface area contributed by atoms with Gasteiger partial charge in [0, 0.05) is 49.9 Å². The Balaban J connectivity index is 0.000000128. The molecule has 0 bridgehead atoms. The summed E-state index contributed by atoms with van der Waals surface area (Å²) in [5, 5.41) is 100. The third kappa shape index (κ3) is 15.6. The molecule has 3 aliphatic carbocycles. The lowest BCUT2D eigenvalue weighted by Crippen LogP contribution is -2.28. The molecule has 92 heavy (non-hydrogen) atoms. The fourth-order valence-electron chi connectivity index (χ4n) is 14.0. The Labute approximate surface area is 544 Å². The van der Waals surface area contributed by atoms with E-state index in [1.807, 2.05) is 60.7 Å². The molecule has 478 valence electrons. The predicted octanol–water partition coefficient (Wildman–Crippen LogP) is 14.6. The monoisotopic (exact) mass is 1260 g/mol. The molecule has 0 spiro atoms. The van der Waals surface area contributed by atoms with E-state index in [2.05, 4.69) is 77.5 Å². The van der Waals surface area contributed by atoms with E-state index < -0.39 is 0 Å². The first-order valence-corrected chi connectivity index (χ1v) is 32.3. The van der Waals surface area contributed by atoms with Crippen LogP contribution in [-0.2, 0) is 38.5 Å². The largest absolute Gasteiger partial charge is 0.504 e. The van der Waals surface area contributed by atoms with Gasteiger partial charge in [-0.3, -0.25) is 4.90 Å². The number of aromatic hydroxyl groups is 10. The maximum Gasteiger partial charge on any atom is 0.176 e. The second kappa shape index (κ2) is 30.8. The number of hydrogen-bond acceptors (Lipinski definition) is 13. The van der Waals surface area contributed by atoms with Crippen molar-refractivity contribution in [2.45, 2.75) is 94.3 Å². The maximum atomic E-state index is 9.92. The summed E-state index contributed by atoms with van der Waals surface area (Å²) in [7, 11) is 0. The normalized spacial score (nSPS) is 18.6. The number of phenolic OH excluding ortho intramolecular Hbond substituents is 10. The minimum absolute atomic E-state index is 0.00583. The number of nitrogens with one attached hydrogen (secondary N) is 1. The summed E-state index contributed by atoms with van der Waals surface area (Å²) in [6, 6.07) is 56.3. The second-order valence-electron chi connectivity index (χ2n) is 24.5. The molecule has 0 amide bonds. The molecule has 13 nitrogen and oxygen atoms in total. The van der Waals surface area contributed by atoms with Crippen molar-refractivity contribution in [1.29, 1.82) is 0 Å². The van der Waals surface area contributed by atoms with Gasteiger partial charge in [0.25, 0.3) is 0 Å². The first-order valence-electron chi connectivity index (χ1n) is 31.9. The van der Waals surface area contributed by atoms with Crippen LogP contribution in [0.15, 0.2) is 189 Å². The topological polar surface area (TPSA) is 244 Å². The maximum absolute atomic E-state index is 9.92. The van der Waals surface area contributed by atoms with Crippen LogP contribution in [-0.4, -0.2) is 95.2 Å². The predicted molar refractivity (Wildman–Crippen MR) is 364 cm³/mol. The Kier molecular flexibility index (Phi) is 22.0. The first kappa shape index (κ1) is 65.8. The van der Waals surface area contributed by atoms with Gasteiger partial charge < -0.3 is 62.1 Å². The summed E-state index contributed by atoms with van der Waals surface area (Å²) in [6.45, 7) is 8.77. The lowest BCUT2D eigenvalue weighted by Gasteiger charge is -2.38. The number of hydrogen-bond donors (Lipinski definition) is 12. The highest BCUT2D eigenvalue weighted by molar-refractivity contribution is 6.33. The number of fused-ring (bicyclic) bond motifs is 8. The number of rotatable bonds is 7. The van der Waals surface area contributed by atoms with E-state index >= 15 is 0 Å². The number of benzene rings is 9. The van der Waals surface area contributed by atoms with Crippen LogP contribution in [0.1, 0.15) is 134 Å². The van der Waals surface area contributed by atoms with Crippen LogP contribution in [0.3, 0.4) is 0 Å². The second-order valence-corrected chi connectivity index (χ2v) is 24.9. The summed E-state index contributed by atoms with van der Waals surface area (Å²) in [5.74, 6) is 1.04. The van der Waals surface area contributed by atoms with Gasteiger partial charge in [0.2, 0.25) is 0 Å². The highest BCUT2D eigenvalue weighted by Gasteiger charge is 2.36. The third-order valence-electron chi connectivity index (χ3n) is 18.7. The Morgan fingerprint density at radius 3 is 1.59 bits per heavy atom. The Hall–Kier alpha value is -9.11. The van der Waals surface area contributed by atoms with Crippen LogP contribution >= 0.6 is 11.6 Å². The molecule has 14 rings (SSSR count). The Bertz CT molecular complexity index is 3960. The summed E-state index contributed by atoms with van der Waals surface area (Å²) in [4.78, 5) is 2.36. The molecule has 3 unspecified atom stereocenters. The van der Waals surface area contributed by atoms with Gasteiger partial charge in [0.1, 0.15) is 0 Å². The quantitative estimate of drug-likeness (QED) is 0.0404. The molecule has 0 saturated heterocycles. The first-order chi connectivity index (χ1) is 44.6. The van der Waals surface area contributed by atoms with Crippen molar-refractivity contribution in [3.8, 4) is 57.5 Å². The van der Waals surface area contributed by atoms with Crippen LogP contribution in [0.4, 0.5) is 0 Å². The SMILES string of the molecule is C=CCN1CCc2cc(O)c(O)cc2C(c2ccccc2)C1.NCCc1ccc(O)c(O)c1.Oc1cc2c(c(Cl)c1O)CCCCC2c1ccccc1.Oc1cc2c(cc1O)C(c1ccccc1)CNCC2.Oc1cc2c(cc1O)[C@H]1c3ccccc3CC[C@@H]1CC2. The number of nitrogens with two attached hydrogens (primary N) is 1. The molecule has 5 aliphatic rings.